The van der Waals surface area contributed by atoms with Gasteiger partial charge in [-0.1, -0.05) is 0 Å². The maximum absolute atomic E-state index is 6.01. The van der Waals surface area contributed by atoms with E-state index in [-0.39, 0.29) is 12.1 Å². The molecule has 72 valence electrons. The average Bonchev–Trinajstić information content (AvgIpc) is 2.60. The summed E-state index contributed by atoms with van der Waals surface area (Å²) < 4.78 is 5.59. The number of furan rings is 1. The van der Waals surface area contributed by atoms with E-state index in [0.717, 1.165) is 24.5 Å². The number of likely N-dealkylation sites (tertiary alicyclic amines) is 1. The van der Waals surface area contributed by atoms with Gasteiger partial charge in [0.15, 0.2) is 0 Å². The Kier molecular flexibility index (Phi) is 2.14. The zero-order valence-corrected chi connectivity index (χ0v) is 8.16. The molecule has 1 aromatic rings. The van der Waals surface area contributed by atoms with Crippen LogP contribution in [0.3, 0.4) is 0 Å². The van der Waals surface area contributed by atoms with Crippen molar-refractivity contribution in [1.29, 1.82) is 0 Å². The first-order chi connectivity index (χ1) is 6.18. The Morgan fingerprint density at radius 2 is 2.31 bits per heavy atom. The van der Waals surface area contributed by atoms with E-state index in [0.29, 0.717) is 0 Å². The van der Waals surface area contributed by atoms with Crippen LogP contribution >= 0.6 is 0 Å². The van der Waals surface area contributed by atoms with Gasteiger partial charge in [-0.25, -0.2) is 0 Å². The molecule has 0 aliphatic carbocycles. The third-order valence-electron chi connectivity index (χ3n) is 2.75. The van der Waals surface area contributed by atoms with Gasteiger partial charge in [-0.15, -0.1) is 0 Å². The molecule has 0 spiro atoms. The number of rotatable bonds is 1. The molecular weight excluding hydrogens is 164 g/mol. The molecule has 0 radical (unpaired) electrons. The molecule has 1 aliphatic heterocycles. The first-order valence-electron chi connectivity index (χ1n) is 4.70. The predicted molar refractivity (Wildman–Crippen MR) is 51.4 cm³/mol. The number of hydrogen-bond donors (Lipinski definition) is 1. The normalized spacial score (nSPS) is 29.8. The van der Waals surface area contributed by atoms with Crippen LogP contribution in [0.5, 0.6) is 0 Å². The third-order valence-corrected chi connectivity index (χ3v) is 2.75. The van der Waals surface area contributed by atoms with Gasteiger partial charge in [0.1, 0.15) is 11.5 Å². The fourth-order valence-electron chi connectivity index (χ4n) is 2.02. The van der Waals surface area contributed by atoms with Crippen molar-refractivity contribution in [1.82, 2.24) is 4.90 Å². The number of likely N-dealkylation sites (N-methyl/N-ethyl adjacent to an activating group) is 1. The lowest BCUT2D eigenvalue weighted by molar-refractivity contribution is 0.260. The third kappa shape index (κ3) is 1.49. The van der Waals surface area contributed by atoms with Crippen molar-refractivity contribution in [3.8, 4) is 0 Å². The minimum Gasteiger partial charge on any atom is -0.465 e. The van der Waals surface area contributed by atoms with Crippen molar-refractivity contribution in [2.24, 2.45) is 5.73 Å². The van der Waals surface area contributed by atoms with E-state index in [1.165, 1.54) is 0 Å². The Labute approximate surface area is 78.5 Å². The van der Waals surface area contributed by atoms with E-state index in [1.807, 2.05) is 19.1 Å². The van der Waals surface area contributed by atoms with Crippen LogP contribution in [-0.2, 0) is 0 Å². The van der Waals surface area contributed by atoms with Gasteiger partial charge < -0.3 is 10.2 Å². The average molecular weight is 180 g/mol. The van der Waals surface area contributed by atoms with Gasteiger partial charge in [0, 0.05) is 12.6 Å². The van der Waals surface area contributed by atoms with Crippen LogP contribution < -0.4 is 5.73 Å². The smallest absolute Gasteiger partial charge is 0.122 e. The van der Waals surface area contributed by atoms with Crippen LogP contribution in [0.25, 0.3) is 0 Å². The maximum atomic E-state index is 6.01. The topological polar surface area (TPSA) is 42.4 Å². The van der Waals surface area contributed by atoms with Crippen molar-refractivity contribution in [2.75, 3.05) is 13.6 Å². The van der Waals surface area contributed by atoms with Crippen molar-refractivity contribution in [3.05, 3.63) is 23.7 Å². The first kappa shape index (κ1) is 8.78. The largest absolute Gasteiger partial charge is 0.465 e. The highest BCUT2D eigenvalue weighted by Crippen LogP contribution is 2.30. The Hall–Kier alpha value is -0.800. The highest BCUT2D eigenvalue weighted by atomic mass is 16.3. The van der Waals surface area contributed by atoms with E-state index in [1.54, 1.807) is 0 Å². The minimum absolute atomic E-state index is 0.218. The summed E-state index contributed by atoms with van der Waals surface area (Å²) in [5, 5.41) is 0. The highest BCUT2D eigenvalue weighted by molar-refractivity contribution is 5.13. The standard InChI is InChI=1S/C10H16N2O/c1-7-3-4-9(13-7)10-8(11)5-6-12(10)2/h3-4,8,10H,5-6,11H2,1-2H3. The molecule has 2 rings (SSSR count). The van der Waals surface area contributed by atoms with Gasteiger partial charge in [-0.3, -0.25) is 4.90 Å². The summed E-state index contributed by atoms with van der Waals surface area (Å²) in [7, 11) is 2.09. The van der Waals surface area contributed by atoms with Crippen LogP contribution in [0.1, 0.15) is 24.0 Å². The van der Waals surface area contributed by atoms with Gasteiger partial charge in [-0.05, 0) is 32.5 Å². The van der Waals surface area contributed by atoms with Crippen LogP contribution in [0.15, 0.2) is 16.5 Å². The molecule has 2 atom stereocenters. The SMILES string of the molecule is Cc1ccc(C2C(N)CCN2C)o1. The van der Waals surface area contributed by atoms with E-state index in [4.69, 9.17) is 10.2 Å². The van der Waals surface area contributed by atoms with Gasteiger partial charge in [0.2, 0.25) is 0 Å². The number of nitrogens with two attached hydrogens (primary N) is 1. The number of nitrogens with zero attached hydrogens (tertiary/aromatic N) is 1. The van der Waals surface area contributed by atoms with Crippen molar-refractivity contribution < 1.29 is 4.42 Å². The summed E-state index contributed by atoms with van der Waals surface area (Å²) in [6.45, 7) is 3.02. The molecule has 3 heteroatoms. The maximum Gasteiger partial charge on any atom is 0.122 e. The van der Waals surface area contributed by atoms with Crippen molar-refractivity contribution in [3.63, 3.8) is 0 Å². The lowest BCUT2D eigenvalue weighted by atomic mass is 10.1. The zero-order valence-electron chi connectivity index (χ0n) is 8.16. The van der Waals surface area contributed by atoms with Crippen LogP contribution in [0.2, 0.25) is 0 Å². The summed E-state index contributed by atoms with van der Waals surface area (Å²) in [4.78, 5) is 2.25. The Morgan fingerprint density at radius 3 is 2.77 bits per heavy atom. The summed E-state index contributed by atoms with van der Waals surface area (Å²) in [5.74, 6) is 1.97. The molecule has 0 bridgehead atoms. The quantitative estimate of drug-likeness (QED) is 0.708. The molecule has 1 fully saturated rings. The number of hydrogen-bond acceptors (Lipinski definition) is 3. The lowest BCUT2D eigenvalue weighted by Crippen LogP contribution is -2.29. The van der Waals surface area contributed by atoms with Crippen molar-refractivity contribution in [2.45, 2.75) is 25.4 Å². The fraction of sp³-hybridized carbons (Fsp3) is 0.600. The van der Waals surface area contributed by atoms with Gasteiger partial charge in [-0.2, -0.15) is 0 Å². The van der Waals surface area contributed by atoms with Crippen LogP contribution in [-0.4, -0.2) is 24.5 Å². The fourth-order valence-corrected chi connectivity index (χ4v) is 2.02. The van der Waals surface area contributed by atoms with Gasteiger partial charge >= 0.3 is 0 Å². The molecule has 0 aromatic carbocycles. The van der Waals surface area contributed by atoms with Crippen LogP contribution in [0.4, 0.5) is 0 Å². The molecule has 1 aromatic heterocycles. The molecule has 3 nitrogen and oxygen atoms in total. The van der Waals surface area contributed by atoms with Gasteiger partial charge in [0.25, 0.3) is 0 Å². The van der Waals surface area contributed by atoms with E-state index < -0.39 is 0 Å². The summed E-state index contributed by atoms with van der Waals surface area (Å²) in [6.07, 6.45) is 1.06. The molecular formula is C10H16N2O. The molecule has 2 unspecified atom stereocenters. The van der Waals surface area contributed by atoms with Crippen LogP contribution in [0, 0.1) is 6.92 Å². The second-order valence-electron chi connectivity index (χ2n) is 3.83. The molecule has 2 N–H and O–H groups in total. The summed E-state index contributed by atoms with van der Waals surface area (Å²) in [6, 6.07) is 4.51. The molecule has 1 saturated heterocycles. The lowest BCUT2D eigenvalue weighted by Gasteiger charge is -2.20. The Balaban J connectivity index is 2.24. The minimum atomic E-state index is 0.218. The molecule has 0 saturated carbocycles. The zero-order chi connectivity index (χ0) is 9.42. The Bertz CT molecular complexity index is 285. The van der Waals surface area contributed by atoms with Crippen molar-refractivity contribution >= 4 is 0 Å². The monoisotopic (exact) mass is 180 g/mol. The Morgan fingerprint density at radius 1 is 1.54 bits per heavy atom. The van der Waals surface area contributed by atoms with E-state index in [2.05, 4.69) is 11.9 Å². The second kappa shape index (κ2) is 3.16. The summed E-state index contributed by atoms with van der Waals surface area (Å²) >= 11 is 0. The molecule has 0 amide bonds. The highest BCUT2D eigenvalue weighted by Gasteiger charge is 2.32. The summed E-state index contributed by atoms with van der Waals surface area (Å²) in [5.41, 5.74) is 6.01. The molecule has 13 heavy (non-hydrogen) atoms. The van der Waals surface area contributed by atoms with E-state index >= 15 is 0 Å². The van der Waals surface area contributed by atoms with Gasteiger partial charge in [0.05, 0.1) is 6.04 Å². The van der Waals surface area contributed by atoms with E-state index in [9.17, 15) is 0 Å². The molecule has 1 aliphatic rings. The number of aryl methyl sites for hydroxylation is 1. The second-order valence-corrected chi connectivity index (χ2v) is 3.83. The first-order valence-corrected chi connectivity index (χ1v) is 4.70. The molecule has 2 heterocycles. The predicted octanol–water partition coefficient (Wildman–Crippen LogP) is 1.29.